The number of rotatable bonds is 3. The highest BCUT2D eigenvalue weighted by atomic mass is 79.9. The van der Waals surface area contributed by atoms with Crippen LogP contribution in [0, 0.1) is 6.92 Å². The molecule has 6 heteroatoms. The smallest absolute Gasteiger partial charge is 0.253 e. The fourth-order valence-corrected chi connectivity index (χ4v) is 3.19. The molecular weight excluding hydrogens is 356 g/mol. The van der Waals surface area contributed by atoms with Gasteiger partial charge in [-0.25, -0.2) is 0 Å². The molecule has 0 radical (unpaired) electrons. The second-order valence-electron chi connectivity index (χ2n) is 5.99. The molecule has 2 heterocycles. The summed E-state index contributed by atoms with van der Waals surface area (Å²) in [7, 11) is 1.95. The van der Waals surface area contributed by atoms with Crippen molar-refractivity contribution >= 4 is 21.8 Å². The van der Waals surface area contributed by atoms with Crippen LogP contribution in [0.5, 0.6) is 0 Å². The SMILES string of the molecule is Cc1nn(C)cc1CN1CCN(C(=O)c2ccc(Br)cc2)CC1. The summed E-state index contributed by atoms with van der Waals surface area (Å²) in [5.74, 6) is 0.120. The minimum absolute atomic E-state index is 0.120. The van der Waals surface area contributed by atoms with Crippen molar-refractivity contribution in [1.29, 1.82) is 0 Å². The number of hydrogen-bond acceptors (Lipinski definition) is 3. The normalized spacial score (nSPS) is 15.9. The Labute approximate surface area is 145 Å². The highest BCUT2D eigenvalue weighted by Gasteiger charge is 2.22. The molecular formula is C17H21BrN4O. The highest BCUT2D eigenvalue weighted by Crippen LogP contribution is 2.15. The topological polar surface area (TPSA) is 41.4 Å². The third-order valence-electron chi connectivity index (χ3n) is 4.26. The van der Waals surface area contributed by atoms with Gasteiger partial charge in [-0.1, -0.05) is 15.9 Å². The summed E-state index contributed by atoms with van der Waals surface area (Å²) < 4.78 is 2.85. The molecule has 1 aromatic heterocycles. The highest BCUT2D eigenvalue weighted by molar-refractivity contribution is 9.10. The van der Waals surface area contributed by atoms with Crippen LogP contribution in [0.25, 0.3) is 0 Å². The summed E-state index contributed by atoms with van der Waals surface area (Å²) >= 11 is 3.40. The molecule has 23 heavy (non-hydrogen) atoms. The fourth-order valence-electron chi connectivity index (χ4n) is 2.93. The van der Waals surface area contributed by atoms with Gasteiger partial charge in [0, 0.05) is 61.6 Å². The van der Waals surface area contributed by atoms with Gasteiger partial charge >= 0.3 is 0 Å². The Morgan fingerprint density at radius 3 is 2.39 bits per heavy atom. The second-order valence-corrected chi connectivity index (χ2v) is 6.90. The number of piperazine rings is 1. The molecule has 3 rings (SSSR count). The minimum Gasteiger partial charge on any atom is -0.336 e. The van der Waals surface area contributed by atoms with Crippen molar-refractivity contribution in [2.45, 2.75) is 13.5 Å². The third kappa shape index (κ3) is 3.82. The molecule has 1 aliphatic rings. The number of hydrogen-bond donors (Lipinski definition) is 0. The first-order valence-corrected chi connectivity index (χ1v) is 8.58. The van der Waals surface area contributed by atoms with Crippen molar-refractivity contribution in [2.75, 3.05) is 26.2 Å². The molecule has 2 aromatic rings. The average molecular weight is 377 g/mol. The standard InChI is InChI=1S/C17H21BrN4O/c1-13-15(11-20(2)19-13)12-21-7-9-22(10-8-21)17(23)14-3-5-16(18)6-4-14/h3-6,11H,7-10,12H2,1-2H3. The molecule has 0 bridgehead atoms. The number of halogens is 1. The lowest BCUT2D eigenvalue weighted by atomic mass is 10.1. The van der Waals surface area contributed by atoms with Gasteiger partial charge in [-0.05, 0) is 31.2 Å². The van der Waals surface area contributed by atoms with Crippen molar-refractivity contribution in [3.63, 3.8) is 0 Å². The van der Waals surface area contributed by atoms with E-state index in [1.807, 2.05) is 47.8 Å². The zero-order valence-corrected chi connectivity index (χ0v) is 15.1. The Morgan fingerprint density at radius 1 is 1.17 bits per heavy atom. The van der Waals surface area contributed by atoms with E-state index in [4.69, 9.17) is 0 Å². The van der Waals surface area contributed by atoms with E-state index in [9.17, 15) is 4.79 Å². The Kier molecular flexibility index (Phi) is 4.82. The van der Waals surface area contributed by atoms with E-state index in [1.54, 1.807) is 0 Å². The van der Waals surface area contributed by atoms with Gasteiger partial charge < -0.3 is 4.90 Å². The maximum Gasteiger partial charge on any atom is 0.253 e. The molecule has 0 N–H and O–H groups in total. The van der Waals surface area contributed by atoms with Gasteiger partial charge in [0.1, 0.15) is 0 Å². The van der Waals surface area contributed by atoms with Gasteiger partial charge in [0.25, 0.3) is 5.91 Å². The average Bonchev–Trinajstić information content (AvgIpc) is 2.86. The van der Waals surface area contributed by atoms with Crippen LogP contribution in [0.4, 0.5) is 0 Å². The van der Waals surface area contributed by atoms with Crippen LogP contribution in [0.2, 0.25) is 0 Å². The van der Waals surface area contributed by atoms with Crippen molar-refractivity contribution < 1.29 is 4.79 Å². The van der Waals surface area contributed by atoms with E-state index in [0.29, 0.717) is 0 Å². The molecule has 0 spiro atoms. The lowest BCUT2D eigenvalue weighted by molar-refractivity contribution is 0.0628. The van der Waals surface area contributed by atoms with Gasteiger partial charge in [0.05, 0.1) is 5.69 Å². The Hall–Kier alpha value is -1.66. The molecule has 0 aliphatic carbocycles. The quantitative estimate of drug-likeness (QED) is 0.825. The molecule has 1 aliphatic heterocycles. The predicted molar refractivity (Wildman–Crippen MR) is 93.3 cm³/mol. The van der Waals surface area contributed by atoms with E-state index in [0.717, 1.165) is 48.5 Å². The molecule has 1 aromatic carbocycles. The number of nitrogens with zero attached hydrogens (tertiary/aromatic N) is 4. The first kappa shape index (κ1) is 16.2. The van der Waals surface area contributed by atoms with Crippen molar-refractivity contribution in [3.05, 3.63) is 51.8 Å². The first-order chi connectivity index (χ1) is 11.0. The lowest BCUT2D eigenvalue weighted by Gasteiger charge is -2.34. The van der Waals surface area contributed by atoms with Crippen molar-refractivity contribution in [1.82, 2.24) is 19.6 Å². The molecule has 1 saturated heterocycles. The van der Waals surface area contributed by atoms with Crippen LogP contribution in [0.3, 0.4) is 0 Å². The fraction of sp³-hybridized carbons (Fsp3) is 0.412. The van der Waals surface area contributed by atoms with Gasteiger partial charge in [0.2, 0.25) is 0 Å². The summed E-state index contributed by atoms with van der Waals surface area (Å²) in [4.78, 5) is 16.8. The third-order valence-corrected chi connectivity index (χ3v) is 4.79. The van der Waals surface area contributed by atoms with E-state index in [-0.39, 0.29) is 5.91 Å². The van der Waals surface area contributed by atoms with Crippen molar-refractivity contribution in [2.24, 2.45) is 7.05 Å². The van der Waals surface area contributed by atoms with E-state index >= 15 is 0 Å². The summed E-state index contributed by atoms with van der Waals surface area (Å²) in [6.45, 7) is 6.29. The zero-order valence-electron chi connectivity index (χ0n) is 13.5. The minimum atomic E-state index is 0.120. The molecule has 122 valence electrons. The predicted octanol–water partition coefficient (Wildman–Crippen LogP) is 2.45. The van der Waals surface area contributed by atoms with Crippen LogP contribution >= 0.6 is 15.9 Å². The van der Waals surface area contributed by atoms with Gasteiger partial charge in [-0.15, -0.1) is 0 Å². The second kappa shape index (κ2) is 6.84. The van der Waals surface area contributed by atoms with Crippen LogP contribution in [-0.4, -0.2) is 51.7 Å². The monoisotopic (exact) mass is 376 g/mol. The Morgan fingerprint density at radius 2 is 1.83 bits per heavy atom. The summed E-state index contributed by atoms with van der Waals surface area (Å²) in [5, 5.41) is 4.39. The van der Waals surface area contributed by atoms with Gasteiger partial charge in [0.15, 0.2) is 0 Å². The maximum atomic E-state index is 12.5. The summed E-state index contributed by atoms with van der Waals surface area (Å²) in [6.07, 6.45) is 2.08. The number of aryl methyl sites for hydroxylation is 2. The number of benzene rings is 1. The van der Waals surface area contributed by atoms with E-state index in [2.05, 4.69) is 32.1 Å². The van der Waals surface area contributed by atoms with Gasteiger partial charge in [-0.2, -0.15) is 5.10 Å². The summed E-state index contributed by atoms with van der Waals surface area (Å²) in [6, 6.07) is 7.57. The van der Waals surface area contributed by atoms with Crippen LogP contribution < -0.4 is 0 Å². The molecule has 5 nitrogen and oxygen atoms in total. The number of amides is 1. The Balaban J connectivity index is 1.56. The lowest BCUT2D eigenvalue weighted by Crippen LogP contribution is -2.48. The number of aromatic nitrogens is 2. The molecule has 1 amide bonds. The van der Waals surface area contributed by atoms with Crippen LogP contribution in [0.15, 0.2) is 34.9 Å². The summed E-state index contributed by atoms with van der Waals surface area (Å²) in [5.41, 5.74) is 3.10. The molecule has 0 atom stereocenters. The Bertz CT molecular complexity index is 687. The number of carbonyl (C=O) groups excluding carboxylic acids is 1. The zero-order chi connectivity index (χ0) is 16.4. The van der Waals surface area contributed by atoms with Crippen LogP contribution in [-0.2, 0) is 13.6 Å². The first-order valence-electron chi connectivity index (χ1n) is 7.79. The van der Waals surface area contributed by atoms with Crippen LogP contribution in [0.1, 0.15) is 21.6 Å². The largest absolute Gasteiger partial charge is 0.336 e. The van der Waals surface area contributed by atoms with E-state index in [1.165, 1.54) is 5.56 Å². The molecule has 0 saturated carbocycles. The maximum absolute atomic E-state index is 12.5. The molecule has 0 unspecified atom stereocenters. The van der Waals surface area contributed by atoms with E-state index < -0.39 is 0 Å². The van der Waals surface area contributed by atoms with Crippen molar-refractivity contribution in [3.8, 4) is 0 Å². The number of carbonyl (C=O) groups is 1. The molecule has 1 fully saturated rings. The van der Waals surface area contributed by atoms with Gasteiger partial charge in [-0.3, -0.25) is 14.4 Å².